The van der Waals surface area contributed by atoms with Crippen LogP contribution < -0.4 is 20.6 Å². The average Bonchev–Trinajstić information content (AvgIpc) is 2.51. The minimum atomic E-state index is 0.814. The van der Waals surface area contributed by atoms with E-state index in [0.717, 1.165) is 47.6 Å². The van der Waals surface area contributed by atoms with E-state index in [9.17, 15) is 0 Å². The Hall–Kier alpha value is -2.29. The fraction of sp³-hybridized carbons (Fsp3) is 0.278. The van der Waals surface area contributed by atoms with Gasteiger partial charge in [-0.25, -0.2) is 4.99 Å². The molecule has 2 aromatic carbocycles. The van der Waals surface area contributed by atoms with Gasteiger partial charge in [-0.3, -0.25) is 0 Å². The number of rotatable bonds is 4. The molecule has 0 spiro atoms. The molecule has 0 saturated carbocycles. The van der Waals surface area contributed by atoms with E-state index in [2.05, 4.69) is 42.4 Å². The number of hydrogen-bond acceptors (Lipinski definition) is 3. The second-order valence-corrected chi connectivity index (χ2v) is 5.15. The molecule has 3 heteroatoms. The predicted octanol–water partition coefficient (Wildman–Crippen LogP) is 3.76. The van der Waals surface area contributed by atoms with Crippen LogP contribution in [0.15, 0.2) is 41.4 Å². The number of nitrogens with zero attached hydrogens (tertiary/aromatic N) is 1. The summed E-state index contributed by atoms with van der Waals surface area (Å²) in [4.78, 5) is 4.66. The summed E-state index contributed by atoms with van der Waals surface area (Å²) >= 11 is 0. The Labute approximate surface area is 125 Å². The van der Waals surface area contributed by atoms with Crippen molar-refractivity contribution in [3.63, 3.8) is 0 Å². The lowest BCUT2D eigenvalue weighted by molar-refractivity contribution is 0.470. The smallest absolute Gasteiger partial charge is 0.155 e. The maximum Gasteiger partial charge on any atom is 0.155 e. The van der Waals surface area contributed by atoms with E-state index in [1.807, 2.05) is 24.3 Å². The van der Waals surface area contributed by atoms with Gasteiger partial charge in [0.25, 0.3) is 0 Å². The summed E-state index contributed by atoms with van der Waals surface area (Å²) in [5, 5.41) is 5.38. The van der Waals surface area contributed by atoms with Crippen molar-refractivity contribution in [1.29, 1.82) is 0 Å². The normalized spacial score (nSPS) is 13.0. The molecule has 2 aromatic rings. The van der Waals surface area contributed by atoms with E-state index >= 15 is 0 Å². The molecule has 0 aliphatic carbocycles. The second kappa shape index (κ2) is 6.00. The van der Waals surface area contributed by atoms with Crippen molar-refractivity contribution in [1.82, 2.24) is 0 Å². The molecule has 0 atom stereocenters. The lowest BCUT2D eigenvalue weighted by Crippen LogP contribution is -2.14. The Morgan fingerprint density at radius 2 is 2.00 bits per heavy atom. The van der Waals surface area contributed by atoms with Crippen molar-refractivity contribution >= 4 is 17.5 Å². The second-order valence-electron chi connectivity index (χ2n) is 5.15. The van der Waals surface area contributed by atoms with Gasteiger partial charge in [0.2, 0.25) is 0 Å². The molecule has 0 amide bonds. The molecule has 1 heterocycles. The van der Waals surface area contributed by atoms with Crippen LogP contribution in [-0.2, 0) is 0 Å². The number of unbranched alkanes of at least 4 members (excludes halogenated alkanes) is 1. The van der Waals surface area contributed by atoms with E-state index in [4.69, 9.17) is 4.74 Å². The van der Waals surface area contributed by atoms with E-state index in [0.29, 0.717) is 0 Å². The molecule has 1 N–H and O–H groups in total. The largest absolute Gasteiger partial charge is 0.453 e. The third kappa shape index (κ3) is 2.92. The summed E-state index contributed by atoms with van der Waals surface area (Å²) in [6.07, 6.45) is 4.46. The molecule has 0 radical (unpaired) electrons. The zero-order chi connectivity index (χ0) is 14.7. The molecule has 0 bridgehead atoms. The van der Waals surface area contributed by atoms with Crippen LogP contribution in [0.25, 0.3) is 6.08 Å². The SMILES string of the molecule is CCC/C=c1\ccc2c(c1)Oc1cc(NCC)ccc1N=2. The first kappa shape index (κ1) is 13.7. The molecular weight excluding hydrogens is 260 g/mol. The number of anilines is 1. The third-order valence-corrected chi connectivity index (χ3v) is 3.45. The quantitative estimate of drug-likeness (QED) is 0.789. The van der Waals surface area contributed by atoms with Crippen LogP contribution in [-0.4, -0.2) is 6.54 Å². The standard InChI is InChI=1S/C18H20N2O/c1-3-5-6-13-7-9-15-17(11-13)21-18-12-14(19-4-2)8-10-16(18)20-15/h6-12,19H,3-5H2,1-2H3/b13-6+. The Morgan fingerprint density at radius 3 is 2.81 bits per heavy atom. The molecule has 0 fully saturated rings. The monoisotopic (exact) mass is 280 g/mol. The van der Waals surface area contributed by atoms with Gasteiger partial charge in [0, 0.05) is 18.3 Å². The first-order chi connectivity index (χ1) is 10.3. The number of nitrogens with one attached hydrogen (secondary N) is 1. The van der Waals surface area contributed by atoms with Crippen LogP contribution in [0.5, 0.6) is 11.5 Å². The van der Waals surface area contributed by atoms with Gasteiger partial charge in [-0.15, -0.1) is 0 Å². The first-order valence-corrected chi connectivity index (χ1v) is 7.55. The van der Waals surface area contributed by atoms with Gasteiger partial charge in [-0.2, -0.15) is 0 Å². The van der Waals surface area contributed by atoms with Crippen LogP contribution in [0.1, 0.15) is 26.7 Å². The van der Waals surface area contributed by atoms with Gasteiger partial charge >= 0.3 is 0 Å². The van der Waals surface area contributed by atoms with Crippen molar-refractivity contribution in [2.24, 2.45) is 4.99 Å². The molecule has 108 valence electrons. The Balaban J connectivity index is 2.01. The summed E-state index contributed by atoms with van der Waals surface area (Å²) in [7, 11) is 0. The van der Waals surface area contributed by atoms with Gasteiger partial charge in [-0.05, 0) is 42.8 Å². The fourth-order valence-corrected chi connectivity index (χ4v) is 2.39. The van der Waals surface area contributed by atoms with Crippen LogP contribution in [0.4, 0.5) is 11.4 Å². The zero-order valence-electron chi connectivity index (χ0n) is 12.5. The van der Waals surface area contributed by atoms with Gasteiger partial charge in [0.05, 0.1) is 0 Å². The summed E-state index contributed by atoms with van der Waals surface area (Å²) in [6, 6.07) is 12.2. The Bertz CT molecular complexity index is 765. The molecule has 21 heavy (non-hydrogen) atoms. The average molecular weight is 280 g/mol. The summed E-state index contributed by atoms with van der Waals surface area (Å²) in [5.74, 6) is 1.65. The minimum absolute atomic E-state index is 0.814. The first-order valence-electron chi connectivity index (χ1n) is 7.55. The molecule has 1 aliphatic heterocycles. The van der Waals surface area contributed by atoms with Crippen LogP contribution in [0.3, 0.4) is 0 Å². The maximum atomic E-state index is 6.03. The van der Waals surface area contributed by atoms with Crippen molar-refractivity contribution in [2.45, 2.75) is 26.7 Å². The number of benzene rings is 2. The molecular formula is C18H20N2O. The molecule has 3 rings (SSSR count). The number of hydrogen-bond donors (Lipinski definition) is 1. The minimum Gasteiger partial charge on any atom is -0.453 e. The van der Waals surface area contributed by atoms with Crippen molar-refractivity contribution in [3.05, 3.63) is 47.0 Å². The molecule has 0 aromatic heterocycles. The maximum absolute atomic E-state index is 6.03. The van der Waals surface area contributed by atoms with Gasteiger partial charge in [0.15, 0.2) is 11.5 Å². The third-order valence-electron chi connectivity index (χ3n) is 3.45. The van der Waals surface area contributed by atoms with Crippen LogP contribution in [0.2, 0.25) is 0 Å². The van der Waals surface area contributed by atoms with E-state index in [1.54, 1.807) is 0 Å². The van der Waals surface area contributed by atoms with Crippen LogP contribution in [0, 0.1) is 0 Å². The molecule has 1 aliphatic rings. The molecule has 0 unspecified atom stereocenters. The highest BCUT2D eigenvalue weighted by Gasteiger charge is 2.12. The van der Waals surface area contributed by atoms with Gasteiger partial charge in [-0.1, -0.05) is 25.5 Å². The summed E-state index contributed by atoms with van der Waals surface area (Å²) in [5.41, 5.74) is 1.94. The molecule has 3 nitrogen and oxygen atoms in total. The highest BCUT2D eigenvalue weighted by atomic mass is 16.5. The van der Waals surface area contributed by atoms with Gasteiger partial charge < -0.3 is 10.1 Å². The predicted molar refractivity (Wildman–Crippen MR) is 86.9 cm³/mol. The number of ether oxygens (including phenoxy) is 1. The fourth-order valence-electron chi connectivity index (χ4n) is 2.39. The summed E-state index contributed by atoms with van der Waals surface area (Å²) < 4.78 is 6.03. The lowest BCUT2D eigenvalue weighted by atomic mass is 10.2. The highest BCUT2D eigenvalue weighted by Crippen LogP contribution is 2.35. The Kier molecular flexibility index (Phi) is 3.91. The zero-order valence-corrected chi connectivity index (χ0v) is 12.5. The Morgan fingerprint density at radius 1 is 1.10 bits per heavy atom. The lowest BCUT2D eigenvalue weighted by Gasteiger charge is -2.15. The van der Waals surface area contributed by atoms with E-state index < -0.39 is 0 Å². The summed E-state index contributed by atoms with van der Waals surface area (Å²) in [6.45, 7) is 5.15. The van der Waals surface area contributed by atoms with Crippen molar-refractivity contribution in [2.75, 3.05) is 11.9 Å². The van der Waals surface area contributed by atoms with Crippen LogP contribution >= 0.6 is 0 Å². The van der Waals surface area contributed by atoms with Gasteiger partial charge in [0.1, 0.15) is 11.0 Å². The highest BCUT2D eigenvalue weighted by molar-refractivity contribution is 5.63. The van der Waals surface area contributed by atoms with Crippen molar-refractivity contribution < 1.29 is 4.74 Å². The molecule has 0 saturated heterocycles. The number of fused-ring (bicyclic) bond motifs is 2. The van der Waals surface area contributed by atoms with Crippen molar-refractivity contribution in [3.8, 4) is 11.5 Å². The van der Waals surface area contributed by atoms with E-state index in [-0.39, 0.29) is 0 Å². The topological polar surface area (TPSA) is 33.6 Å². The van der Waals surface area contributed by atoms with E-state index in [1.165, 1.54) is 5.22 Å².